The Hall–Kier alpha value is -5.63. The number of hydrogen-bond acceptors (Lipinski definition) is 11. The number of aliphatic carboxylic acids is 3. The predicted molar refractivity (Wildman–Crippen MR) is 199 cm³/mol. The molecule has 0 bridgehead atoms. The van der Waals surface area contributed by atoms with E-state index in [2.05, 4.69) is 26.6 Å². The van der Waals surface area contributed by atoms with Gasteiger partial charge in [0, 0.05) is 26.3 Å². The first-order valence-corrected chi connectivity index (χ1v) is 18.9. The summed E-state index contributed by atoms with van der Waals surface area (Å²) in [5, 5.41) is 41.5. The van der Waals surface area contributed by atoms with Crippen LogP contribution in [0.5, 0.6) is 0 Å². The number of nitrogens with one attached hydrogen (secondary N) is 6. The highest BCUT2D eigenvalue weighted by Crippen LogP contribution is 2.21. The van der Waals surface area contributed by atoms with Gasteiger partial charge in [-0.15, -0.1) is 0 Å². The molecule has 0 aliphatic carbocycles. The molecule has 1 unspecified atom stereocenters. The van der Waals surface area contributed by atoms with Crippen molar-refractivity contribution in [2.24, 2.45) is 11.8 Å². The van der Waals surface area contributed by atoms with Crippen LogP contribution in [0.2, 0.25) is 0 Å². The molecular formula is C36H57N7O14. The average molecular weight is 812 g/mol. The number of carbonyl (C=O) groups excluding carboxylic acids is 8. The number of piperidine rings is 1. The molecule has 21 heteroatoms. The van der Waals surface area contributed by atoms with Crippen LogP contribution in [0, 0.1) is 11.8 Å². The Bertz CT molecular complexity index is 1520. The van der Waals surface area contributed by atoms with Crippen molar-refractivity contribution < 1.29 is 68.1 Å². The molecule has 0 aromatic heterocycles. The van der Waals surface area contributed by atoms with Crippen molar-refractivity contribution in [2.75, 3.05) is 13.1 Å². The van der Waals surface area contributed by atoms with E-state index in [0.29, 0.717) is 19.3 Å². The maximum absolute atomic E-state index is 14.1. The average Bonchev–Trinajstić information content (AvgIpc) is 3.13. The summed E-state index contributed by atoms with van der Waals surface area (Å²) in [6, 6.07) is -7.85. The molecule has 21 nitrogen and oxygen atoms in total. The molecule has 1 heterocycles. The highest BCUT2D eigenvalue weighted by Gasteiger charge is 2.40. The SMILES string of the molecule is CCC[C@H](NC(=O)C1CCCCN1C(=O)[C@@H](NC(=O)[C@@H](NC(=O)[C@H](CCC(=O)O)NC(=O)[C@H](CCC(=O)O)NC(C)=O)C(C)C)C(C)C)C(=O)C(=O)NCC(=O)O. The highest BCUT2D eigenvalue weighted by molar-refractivity contribution is 6.38. The number of hydrogen-bond donors (Lipinski definition) is 9. The van der Waals surface area contributed by atoms with E-state index in [0.717, 1.165) is 6.92 Å². The second kappa shape index (κ2) is 24.1. The van der Waals surface area contributed by atoms with Crippen LogP contribution in [0.25, 0.3) is 0 Å². The van der Waals surface area contributed by atoms with Crippen molar-refractivity contribution in [1.82, 2.24) is 36.8 Å². The van der Waals surface area contributed by atoms with Crippen LogP contribution in [-0.4, -0.2) is 135 Å². The third-order valence-corrected chi connectivity index (χ3v) is 9.02. The van der Waals surface area contributed by atoms with Crippen molar-refractivity contribution in [3.63, 3.8) is 0 Å². The van der Waals surface area contributed by atoms with Crippen molar-refractivity contribution >= 4 is 65.0 Å². The Morgan fingerprint density at radius 1 is 0.632 bits per heavy atom. The minimum absolute atomic E-state index is 0.0557. The van der Waals surface area contributed by atoms with E-state index in [1.165, 1.54) is 4.90 Å². The van der Waals surface area contributed by atoms with Crippen LogP contribution in [0.3, 0.4) is 0 Å². The number of Topliss-reactive ketones (excluding diaryl/α,β-unsaturated/α-hetero) is 1. The number of amides is 7. The number of carboxylic acids is 3. The maximum Gasteiger partial charge on any atom is 0.322 e. The zero-order chi connectivity index (χ0) is 43.6. The molecule has 9 N–H and O–H groups in total. The molecular weight excluding hydrogens is 754 g/mol. The summed E-state index contributed by atoms with van der Waals surface area (Å²) in [6.45, 7) is 8.57. The van der Waals surface area contributed by atoms with Gasteiger partial charge in [0.25, 0.3) is 5.91 Å². The number of nitrogens with zero attached hydrogens (tertiary/aromatic N) is 1. The van der Waals surface area contributed by atoms with E-state index in [4.69, 9.17) is 10.2 Å². The zero-order valence-corrected chi connectivity index (χ0v) is 33.2. The zero-order valence-electron chi connectivity index (χ0n) is 33.2. The lowest BCUT2D eigenvalue weighted by Gasteiger charge is -2.38. The van der Waals surface area contributed by atoms with Gasteiger partial charge >= 0.3 is 17.9 Å². The van der Waals surface area contributed by atoms with E-state index < -0.39 is 139 Å². The quantitative estimate of drug-likeness (QED) is 0.0498. The van der Waals surface area contributed by atoms with Crippen LogP contribution in [0.1, 0.15) is 99.3 Å². The third kappa shape index (κ3) is 17.0. The second-order valence-corrected chi connectivity index (χ2v) is 14.5. The van der Waals surface area contributed by atoms with Crippen molar-refractivity contribution in [3.05, 3.63) is 0 Å². The molecule has 1 aliphatic heterocycles. The number of rotatable bonds is 24. The lowest BCUT2D eigenvalue weighted by Crippen LogP contribution is -2.62. The smallest absolute Gasteiger partial charge is 0.322 e. The van der Waals surface area contributed by atoms with E-state index in [-0.39, 0.29) is 25.8 Å². The number of likely N-dealkylation sites (tertiary alicyclic amines) is 1. The monoisotopic (exact) mass is 811 g/mol. The van der Waals surface area contributed by atoms with Crippen molar-refractivity contribution in [1.29, 1.82) is 0 Å². The molecule has 0 radical (unpaired) electrons. The van der Waals surface area contributed by atoms with Crippen LogP contribution >= 0.6 is 0 Å². The molecule has 7 amide bonds. The first-order valence-electron chi connectivity index (χ1n) is 18.9. The van der Waals surface area contributed by atoms with Crippen molar-refractivity contribution in [2.45, 2.75) is 136 Å². The van der Waals surface area contributed by atoms with Gasteiger partial charge in [0.05, 0.1) is 6.04 Å². The predicted octanol–water partition coefficient (Wildman–Crippen LogP) is -1.58. The molecule has 1 rings (SSSR count). The topological polar surface area (TPSA) is 324 Å². The van der Waals surface area contributed by atoms with Crippen LogP contribution in [-0.2, 0) is 52.7 Å². The minimum Gasteiger partial charge on any atom is -0.481 e. The molecule has 6 atom stereocenters. The minimum atomic E-state index is -1.54. The normalized spacial score (nSPS) is 16.5. The van der Waals surface area contributed by atoms with Gasteiger partial charge in [0.2, 0.25) is 41.2 Å². The summed E-state index contributed by atoms with van der Waals surface area (Å²) >= 11 is 0. The molecule has 0 aromatic rings. The number of carbonyl (C=O) groups is 11. The summed E-state index contributed by atoms with van der Waals surface area (Å²) < 4.78 is 0. The Balaban J connectivity index is 3.28. The first kappa shape index (κ1) is 49.4. The van der Waals surface area contributed by atoms with Crippen molar-refractivity contribution in [3.8, 4) is 0 Å². The van der Waals surface area contributed by atoms with E-state index in [9.17, 15) is 57.8 Å². The lowest BCUT2D eigenvalue weighted by atomic mass is 9.95. The summed E-state index contributed by atoms with van der Waals surface area (Å²) in [7, 11) is 0. The largest absolute Gasteiger partial charge is 0.481 e. The summed E-state index contributed by atoms with van der Waals surface area (Å²) in [5.41, 5.74) is 0. The van der Waals surface area contributed by atoms with Gasteiger partial charge in [-0.2, -0.15) is 0 Å². The second-order valence-electron chi connectivity index (χ2n) is 14.5. The van der Waals surface area contributed by atoms with Crippen LogP contribution < -0.4 is 31.9 Å². The van der Waals surface area contributed by atoms with E-state index in [1.807, 2.05) is 5.32 Å². The Kier molecular flexibility index (Phi) is 20.9. The third-order valence-electron chi connectivity index (χ3n) is 9.02. The Morgan fingerprint density at radius 2 is 1.16 bits per heavy atom. The molecule has 0 spiro atoms. The fraction of sp³-hybridized carbons (Fsp3) is 0.694. The molecule has 0 saturated carbocycles. The first-order chi connectivity index (χ1) is 26.6. The fourth-order valence-electron chi connectivity index (χ4n) is 6.01. The van der Waals surface area contributed by atoms with Gasteiger partial charge in [-0.3, -0.25) is 52.7 Å². The van der Waals surface area contributed by atoms with E-state index in [1.54, 1.807) is 34.6 Å². The standard InChI is InChI=1S/C36H57N7O14/c1-7-10-21(30(51)35(56)37-17-27(49)50)39-33(54)24-11-8-9-16-43(24)36(57)29(19(4)5)42-34(55)28(18(2)3)41-32(53)23(13-15-26(47)48)40-31(52)22(38-20(6)44)12-14-25(45)46/h18-19,21-24,28-29H,7-17H2,1-6H3,(H,37,56)(H,38,44)(H,39,54)(H,40,52)(H,41,53)(H,42,55)(H,45,46)(H,47,48)(H,49,50)/t21-,22-,23-,24?,28-,29-/m0/s1. The fourth-order valence-corrected chi connectivity index (χ4v) is 6.01. The maximum atomic E-state index is 14.1. The van der Waals surface area contributed by atoms with Gasteiger partial charge in [0.15, 0.2) is 0 Å². The number of ketones is 1. The molecule has 57 heavy (non-hydrogen) atoms. The lowest BCUT2D eigenvalue weighted by molar-refractivity contribution is -0.147. The highest BCUT2D eigenvalue weighted by atomic mass is 16.4. The summed E-state index contributed by atoms with van der Waals surface area (Å²) in [4.78, 5) is 140. The Labute approximate surface area is 330 Å². The van der Waals surface area contributed by atoms with Crippen LogP contribution in [0.15, 0.2) is 0 Å². The van der Waals surface area contributed by atoms with Gasteiger partial charge in [-0.1, -0.05) is 41.0 Å². The molecule has 0 aromatic carbocycles. The molecule has 1 aliphatic rings. The molecule has 1 saturated heterocycles. The molecule has 320 valence electrons. The van der Waals surface area contributed by atoms with E-state index >= 15 is 0 Å². The van der Waals surface area contributed by atoms with Gasteiger partial charge < -0.3 is 52.1 Å². The Morgan fingerprint density at radius 3 is 1.65 bits per heavy atom. The number of carboxylic acid groups (broad SMARTS) is 3. The van der Waals surface area contributed by atoms with Gasteiger partial charge in [-0.05, 0) is 50.4 Å². The van der Waals surface area contributed by atoms with Gasteiger partial charge in [0.1, 0.15) is 36.8 Å². The van der Waals surface area contributed by atoms with Crippen LogP contribution in [0.4, 0.5) is 0 Å². The van der Waals surface area contributed by atoms with Gasteiger partial charge in [-0.25, -0.2) is 0 Å². The summed E-state index contributed by atoms with van der Waals surface area (Å²) in [5.74, 6) is -12.1. The molecule has 1 fully saturated rings. The summed E-state index contributed by atoms with van der Waals surface area (Å²) in [6.07, 6.45) is -0.186.